The molecule has 2 aromatic carbocycles. The normalized spacial score (nSPS) is 11.4. The molecule has 2 N–H and O–H groups in total. The third kappa shape index (κ3) is 3.37. The summed E-state index contributed by atoms with van der Waals surface area (Å²) in [6, 6.07) is 7.83. The lowest BCUT2D eigenvalue weighted by atomic mass is 10.2. The molecule has 0 aliphatic rings. The van der Waals surface area contributed by atoms with Gasteiger partial charge in [0.25, 0.3) is 0 Å². The van der Waals surface area contributed by atoms with E-state index in [0.717, 1.165) is 24.3 Å². The summed E-state index contributed by atoms with van der Waals surface area (Å²) in [6.07, 6.45) is -4.50. The number of ether oxygens (including phenoxy) is 1. The first-order valence-electron chi connectivity index (χ1n) is 5.26. The van der Waals surface area contributed by atoms with Crippen molar-refractivity contribution in [1.82, 2.24) is 0 Å². The van der Waals surface area contributed by atoms with Crippen LogP contribution in [-0.2, 0) is 6.18 Å². The van der Waals surface area contributed by atoms with Crippen LogP contribution >= 0.6 is 0 Å². The summed E-state index contributed by atoms with van der Waals surface area (Å²) in [4.78, 5) is 0. The number of nitrogens with two attached hydrogens (primary N) is 1. The summed E-state index contributed by atoms with van der Waals surface area (Å²) >= 11 is 0. The average Bonchev–Trinajstić information content (AvgIpc) is 2.30. The standard InChI is InChI=1S/C13H9F4NO/c14-9-1-3-11(4-2-9)19-12-6-8(13(15,16)17)5-10(18)7-12/h1-7H,18H2. The molecule has 100 valence electrons. The molecule has 0 aromatic heterocycles. The molecule has 0 aliphatic heterocycles. The number of hydrogen-bond donors (Lipinski definition) is 1. The first-order chi connectivity index (χ1) is 8.84. The highest BCUT2D eigenvalue weighted by atomic mass is 19.4. The second-order valence-corrected chi connectivity index (χ2v) is 3.84. The molecule has 2 aromatic rings. The van der Waals surface area contributed by atoms with Crippen molar-refractivity contribution < 1.29 is 22.3 Å². The van der Waals surface area contributed by atoms with E-state index in [1.165, 1.54) is 18.2 Å². The molecule has 0 saturated carbocycles. The fraction of sp³-hybridized carbons (Fsp3) is 0.0769. The zero-order chi connectivity index (χ0) is 14.0. The molecule has 0 aliphatic carbocycles. The zero-order valence-corrected chi connectivity index (χ0v) is 9.54. The van der Waals surface area contributed by atoms with Crippen LogP contribution < -0.4 is 10.5 Å². The van der Waals surface area contributed by atoms with Crippen molar-refractivity contribution in [2.75, 3.05) is 5.73 Å². The summed E-state index contributed by atoms with van der Waals surface area (Å²) in [7, 11) is 0. The van der Waals surface area contributed by atoms with Crippen LogP contribution in [0, 0.1) is 5.82 Å². The molecule has 2 rings (SSSR count). The van der Waals surface area contributed by atoms with Gasteiger partial charge in [-0.05, 0) is 36.4 Å². The molecule has 0 heterocycles. The summed E-state index contributed by atoms with van der Waals surface area (Å²) < 4.78 is 55.6. The molecular formula is C13H9F4NO. The van der Waals surface area contributed by atoms with Crippen LogP contribution in [0.4, 0.5) is 23.2 Å². The molecule has 0 saturated heterocycles. The van der Waals surface area contributed by atoms with Gasteiger partial charge in [0.05, 0.1) is 5.56 Å². The van der Waals surface area contributed by atoms with Gasteiger partial charge >= 0.3 is 6.18 Å². The van der Waals surface area contributed by atoms with Crippen molar-refractivity contribution in [2.24, 2.45) is 0 Å². The summed E-state index contributed by atoms with van der Waals surface area (Å²) in [5.41, 5.74) is 4.43. The number of benzene rings is 2. The molecule has 2 nitrogen and oxygen atoms in total. The third-order valence-electron chi connectivity index (χ3n) is 2.31. The van der Waals surface area contributed by atoms with Crippen LogP contribution in [0.15, 0.2) is 42.5 Å². The summed E-state index contributed by atoms with van der Waals surface area (Å²) in [5, 5.41) is 0. The van der Waals surface area contributed by atoms with Gasteiger partial charge in [0.1, 0.15) is 17.3 Å². The fourth-order valence-electron chi connectivity index (χ4n) is 1.48. The quantitative estimate of drug-likeness (QED) is 0.655. The van der Waals surface area contributed by atoms with E-state index in [1.54, 1.807) is 0 Å². The van der Waals surface area contributed by atoms with Gasteiger partial charge in [-0.2, -0.15) is 13.2 Å². The average molecular weight is 271 g/mol. The van der Waals surface area contributed by atoms with Gasteiger partial charge in [-0.1, -0.05) is 0 Å². The van der Waals surface area contributed by atoms with E-state index in [2.05, 4.69) is 0 Å². The van der Waals surface area contributed by atoms with Crippen molar-refractivity contribution in [3.05, 3.63) is 53.8 Å². The Morgan fingerprint density at radius 1 is 0.895 bits per heavy atom. The molecule has 6 heteroatoms. The minimum Gasteiger partial charge on any atom is -0.457 e. The summed E-state index contributed by atoms with van der Waals surface area (Å²) in [6.45, 7) is 0. The van der Waals surface area contributed by atoms with E-state index in [4.69, 9.17) is 10.5 Å². The van der Waals surface area contributed by atoms with E-state index in [9.17, 15) is 17.6 Å². The first kappa shape index (κ1) is 13.2. The maximum Gasteiger partial charge on any atom is 0.416 e. The van der Waals surface area contributed by atoms with Crippen LogP contribution in [0.25, 0.3) is 0 Å². The van der Waals surface area contributed by atoms with Gasteiger partial charge in [-0.3, -0.25) is 0 Å². The molecular weight excluding hydrogens is 262 g/mol. The second kappa shape index (κ2) is 4.79. The Kier molecular flexibility index (Phi) is 3.33. The van der Waals surface area contributed by atoms with Crippen LogP contribution in [0.3, 0.4) is 0 Å². The lowest BCUT2D eigenvalue weighted by Gasteiger charge is -2.11. The Morgan fingerprint density at radius 2 is 1.53 bits per heavy atom. The van der Waals surface area contributed by atoms with Crippen molar-refractivity contribution in [2.45, 2.75) is 6.18 Å². The monoisotopic (exact) mass is 271 g/mol. The highest BCUT2D eigenvalue weighted by Crippen LogP contribution is 2.34. The SMILES string of the molecule is Nc1cc(Oc2ccc(F)cc2)cc(C(F)(F)F)c1. The van der Waals surface area contributed by atoms with Gasteiger partial charge in [0.2, 0.25) is 0 Å². The van der Waals surface area contributed by atoms with Crippen LogP contribution in [0.5, 0.6) is 11.5 Å². The van der Waals surface area contributed by atoms with Crippen LogP contribution in [0.2, 0.25) is 0 Å². The Bertz CT molecular complexity index is 578. The van der Waals surface area contributed by atoms with E-state index in [0.29, 0.717) is 0 Å². The molecule has 0 bridgehead atoms. The molecule has 0 unspecified atom stereocenters. The topological polar surface area (TPSA) is 35.2 Å². The van der Waals surface area contributed by atoms with E-state index >= 15 is 0 Å². The lowest BCUT2D eigenvalue weighted by Crippen LogP contribution is -2.06. The number of nitrogen functional groups attached to an aromatic ring is 1. The number of hydrogen-bond acceptors (Lipinski definition) is 2. The smallest absolute Gasteiger partial charge is 0.416 e. The number of anilines is 1. The maximum atomic E-state index is 12.7. The predicted octanol–water partition coefficient (Wildman–Crippen LogP) is 4.22. The zero-order valence-electron chi connectivity index (χ0n) is 9.54. The van der Waals surface area contributed by atoms with Crippen molar-refractivity contribution in [3.8, 4) is 11.5 Å². The van der Waals surface area contributed by atoms with Crippen molar-refractivity contribution in [3.63, 3.8) is 0 Å². The second-order valence-electron chi connectivity index (χ2n) is 3.84. The van der Waals surface area contributed by atoms with Gasteiger partial charge in [0, 0.05) is 11.8 Å². The minimum atomic E-state index is -4.50. The Labute approximate surface area is 106 Å². The maximum absolute atomic E-state index is 12.7. The van der Waals surface area contributed by atoms with Gasteiger partial charge in [-0.15, -0.1) is 0 Å². The summed E-state index contributed by atoms with van der Waals surface area (Å²) in [5.74, 6) is -0.296. The number of rotatable bonds is 2. The van der Waals surface area contributed by atoms with E-state index in [-0.39, 0.29) is 17.2 Å². The third-order valence-corrected chi connectivity index (χ3v) is 2.31. The van der Waals surface area contributed by atoms with Gasteiger partial charge in [0.15, 0.2) is 0 Å². The number of halogens is 4. The lowest BCUT2D eigenvalue weighted by molar-refractivity contribution is -0.137. The Morgan fingerprint density at radius 3 is 2.11 bits per heavy atom. The first-order valence-corrected chi connectivity index (χ1v) is 5.26. The van der Waals surface area contributed by atoms with Crippen LogP contribution in [-0.4, -0.2) is 0 Å². The molecule has 0 radical (unpaired) electrons. The van der Waals surface area contributed by atoms with Crippen LogP contribution in [0.1, 0.15) is 5.56 Å². The van der Waals surface area contributed by atoms with Gasteiger partial charge in [-0.25, -0.2) is 4.39 Å². The molecule has 19 heavy (non-hydrogen) atoms. The fourth-order valence-corrected chi connectivity index (χ4v) is 1.48. The Balaban J connectivity index is 2.30. The highest BCUT2D eigenvalue weighted by Gasteiger charge is 2.31. The van der Waals surface area contributed by atoms with Crippen molar-refractivity contribution >= 4 is 5.69 Å². The Hall–Kier alpha value is -2.24. The van der Waals surface area contributed by atoms with Crippen molar-refractivity contribution in [1.29, 1.82) is 0 Å². The largest absolute Gasteiger partial charge is 0.457 e. The highest BCUT2D eigenvalue weighted by molar-refractivity contribution is 5.49. The van der Waals surface area contributed by atoms with E-state index < -0.39 is 17.6 Å². The molecule has 0 atom stereocenters. The molecule has 0 fully saturated rings. The predicted molar refractivity (Wildman–Crippen MR) is 62.3 cm³/mol. The molecule has 0 amide bonds. The number of alkyl halides is 3. The van der Waals surface area contributed by atoms with Gasteiger partial charge < -0.3 is 10.5 Å². The minimum absolute atomic E-state index is 0.0565. The van der Waals surface area contributed by atoms with E-state index in [1.807, 2.05) is 0 Å². The molecule has 0 spiro atoms.